The maximum atomic E-state index is 12.1. The molecule has 4 heterocycles. The van der Waals surface area contributed by atoms with Gasteiger partial charge < -0.3 is 14.6 Å². The lowest BCUT2D eigenvalue weighted by atomic mass is 10.2. The number of amides is 2. The lowest BCUT2D eigenvalue weighted by Gasteiger charge is -2.08. The van der Waals surface area contributed by atoms with Crippen LogP contribution in [0.25, 0.3) is 0 Å². The molecule has 26 heavy (non-hydrogen) atoms. The smallest absolute Gasteiger partial charge is 0.320 e. The monoisotopic (exact) mass is 374 g/mol. The standard InChI is InChI=1S/C16H18N6O3S/c23-16(17-9-13-19-15(25-21-13)12-4-1-7-24-12)20-14-5-6-18-22(14)10-11-3-2-8-26-11/h2-3,5-6,8,12H,1,4,7,9-10H2,(H2,17,20,23). The van der Waals surface area contributed by atoms with Crippen LogP contribution in [-0.2, 0) is 17.8 Å². The fourth-order valence-electron chi connectivity index (χ4n) is 2.68. The summed E-state index contributed by atoms with van der Waals surface area (Å²) in [4.78, 5) is 17.6. The molecule has 0 radical (unpaired) electrons. The van der Waals surface area contributed by atoms with Crippen molar-refractivity contribution < 1.29 is 14.1 Å². The van der Waals surface area contributed by atoms with Crippen LogP contribution in [0.15, 0.2) is 34.3 Å². The Bertz CT molecular complexity index is 853. The Hall–Kier alpha value is -2.72. The zero-order valence-corrected chi connectivity index (χ0v) is 14.7. The van der Waals surface area contributed by atoms with Crippen LogP contribution in [0.2, 0.25) is 0 Å². The van der Waals surface area contributed by atoms with E-state index < -0.39 is 0 Å². The van der Waals surface area contributed by atoms with Gasteiger partial charge in [0.15, 0.2) is 5.82 Å². The first-order chi connectivity index (χ1) is 12.8. The molecular formula is C16H18N6O3S. The SMILES string of the molecule is O=C(NCc1noc(C2CCCO2)n1)Nc1ccnn1Cc1cccs1. The molecule has 3 aromatic rings. The first-order valence-corrected chi connectivity index (χ1v) is 9.19. The van der Waals surface area contributed by atoms with Gasteiger partial charge >= 0.3 is 6.03 Å². The largest absolute Gasteiger partial charge is 0.368 e. The summed E-state index contributed by atoms with van der Waals surface area (Å²) in [5.41, 5.74) is 0. The van der Waals surface area contributed by atoms with Crippen molar-refractivity contribution in [2.24, 2.45) is 0 Å². The van der Waals surface area contributed by atoms with Gasteiger partial charge in [0.1, 0.15) is 11.9 Å². The maximum absolute atomic E-state index is 12.1. The van der Waals surface area contributed by atoms with Crippen LogP contribution in [0.3, 0.4) is 0 Å². The van der Waals surface area contributed by atoms with E-state index in [9.17, 15) is 4.79 Å². The molecule has 3 aromatic heterocycles. The summed E-state index contributed by atoms with van der Waals surface area (Å²) < 4.78 is 12.4. The number of hydrogen-bond acceptors (Lipinski definition) is 7. The van der Waals surface area contributed by atoms with Gasteiger partial charge in [-0.3, -0.25) is 5.32 Å². The van der Waals surface area contributed by atoms with E-state index in [0.717, 1.165) is 17.7 Å². The van der Waals surface area contributed by atoms with Crippen molar-refractivity contribution in [3.8, 4) is 0 Å². The first kappa shape index (κ1) is 16.7. The third kappa shape index (κ3) is 3.92. The molecule has 1 fully saturated rings. The number of urea groups is 1. The Morgan fingerprint density at radius 1 is 1.42 bits per heavy atom. The Labute approximate surface area is 153 Å². The molecule has 0 aliphatic carbocycles. The Morgan fingerprint density at radius 2 is 2.38 bits per heavy atom. The highest BCUT2D eigenvalue weighted by molar-refractivity contribution is 7.09. The van der Waals surface area contributed by atoms with Crippen molar-refractivity contribution >= 4 is 23.2 Å². The molecular weight excluding hydrogens is 356 g/mol. The second kappa shape index (κ2) is 7.67. The number of nitrogens with zero attached hydrogens (tertiary/aromatic N) is 4. The number of ether oxygens (including phenoxy) is 1. The minimum absolute atomic E-state index is 0.128. The third-order valence-electron chi connectivity index (χ3n) is 3.94. The van der Waals surface area contributed by atoms with Crippen molar-refractivity contribution in [1.29, 1.82) is 0 Å². The van der Waals surface area contributed by atoms with E-state index in [1.165, 1.54) is 0 Å². The van der Waals surface area contributed by atoms with E-state index in [0.29, 0.717) is 30.7 Å². The maximum Gasteiger partial charge on any atom is 0.320 e. The molecule has 136 valence electrons. The van der Waals surface area contributed by atoms with Gasteiger partial charge in [-0.15, -0.1) is 11.3 Å². The van der Waals surface area contributed by atoms with E-state index in [1.807, 2.05) is 17.5 Å². The summed E-state index contributed by atoms with van der Waals surface area (Å²) in [5, 5.41) is 15.6. The summed E-state index contributed by atoms with van der Waals surface area (Å²) in [6.45, 7) is 1.49. The van der Waals surface area contributed by atoms with Crippen LogP contribution in [-0.4, -0.2) is 32.6 Å². The molecule has 4 rings (SSSR count). The number of thiophene rings is 1. The summed E-state index contributed by atoms with van der Waals surface area (Å²) in [7, 11) is 0. The average molecular weight is 374 g/mol. The highest BCUT2D eigenvalue weighted by Gasteiger charge is 2.23. The van der Waals surface area contributed by atoms with Gasteiger partial charge in [-0.2, -0.15) is 10.1 Å². The van der Waals surface area contributed by atoms with Crippen LogP contribution in [0.5, 0.6) is 0 Å². The molecule has 1 aliphatic rings. The minimum Gasteiger partial charge on any atom is -0.368 e. The van der Waals surface area contributed by atoms with Crippen molar-refractivity contribution in [2.75, 3.05) is 11.9 Å². The molecule has 0 aromatic carbocycles. The average Bonchev–Trinajstić information content (AvgIpc) is 3.42. The van der Waals surface area contributed by atoms with Crippen molar-refractivity contribution in [3.05, 3.63) is 46.4 Å². The van der Waals surface area contributed by atoms with Crippen molar-refractivity contribution in [3.63, 3.8) is 0 Å². The Morgan fingerprint density at radius 3 is 3.19 bits per heavy atom. The molecule has 0 spiro atoms. The zero-order chi connectivity index (χ0) is 17.8. The lowest BCUT2D eigenvalue weighted by Crippen LogP contribution is -2.29. The van der Waals surface area contributed by atoms with E-state index >= 15 is 0 Å². The van der Waals surface area contributed by atoms with Gasteiger partial charge in [-0.1, -0.05) is 11.2 Å². The highest BCUT2D eigenvalue weighted by Crippen LogP contribution is 2.26. The number of aromatic nitrogens is 4. The topological polar surface area (TPSA) is 107 Å². The van der Waals surface area contributed by atoms with Crippen LogP contribution < -0.4 is 10.6 Å². The molecule has 1 atom stereocenters. The Kier molecular flexibility index (Phi) is 4.93. The summed E-state index contributed by atoms with van der Waals surface area (Å²) in [6, 6.07) is 5.40. The fraction of sp³-hybridized carbons (Fsp3) is 0.375. The molecule has 9 nitrogen and oxygen atoms in total. The van der Waals surface area contributed by atoms with Gasteiger partial charge in [-0.05, 0) is 24.3 Å². The van der Waals surface area contributed by atoms with Gasteiger partial charge in [0.2, 0.25) is 0 Å². The molecule has 10 heteroatoms. The zero-order valence-electron chi connectivity index (χ0n) is 13.9. The number of hydrogen-bond donors (Lipinski definition) is 2. The van der Waals surface area contributed by atoms with Gasteiger partial charge in [0, 0.05) is 17.6 Å². The van der Waals surface area contributed by atoms with E-state index in [2.05, 4.69) is 25.9 Å². The van der Waals surface area contributed by atoms with Crippen LogP contribution in [0.1, 0.15) is 35.5 Å². The highest BCUT2D eigenvalue weighted by atomic mass is 32.1. The second-order valence-corrected chi connectivity index (χ2v) is 6.84. The predicted octanol–water partition coefficient (Wildman–Crippen LogP) is 2.55. The Balaban J connectivity index is 1.30. The van der Waals surface area contributed by atoms with Crippen molar-refractivity contribution in [1.82, 2.24) is 25.2 Å². The fourth-order valence-corrected chi connectivity index (χ4v) is 3.36. The summed E-state index contributed by atoms with van der Waals surface area (Å²) >= 11 is 1.64. The number of rotatable bonds is 6. The molecule has 1 unspecified atom stereocenters. The molecule has 0 saturated carbocycles. The number of carbonyl (C=O) groups is 1. The van der Waals surface area contributed by atoms with E-state index in [1.54, 1.807) is 28.3 Å². The first-order valence-electron chi connectivity index (χ1n) is 8.31. The van der Waals surface area contributed by atoms with Crippen molar-refractivity contribution in [2.45, 2.75) is 32.0 Å². The predicted molar refractivity (Wildman–Crippen MR) is 93.7 cm³/mol. The van der Waals surface area contributed by atoms with Crippen LogP contribution in [0, 0.1) is 0 Å². The minimum atomic E-state index is -0.360. The molecule has 2 N–H and O–H groups in total. The van der Waals surface area contributed by atoms with Gasteiger partial charge in [-0.25, -0.2) is 9.48 Å². The van der Waals surface area contributed by atoms with Gasteiger partial charge in [0.05, 0.1) is 19.3 Å². The van der Waals surface area contributed by atoms with E-state index in [4.69, 9.17) is 9.26 Å². The van der Waals surface area contributed by atoms with Crippen LogP contribution in [0.4, 0.5) is 10.6 Å². The number of carbonyl (C=O) groups excluding carboxylic acids is 1. The molecule has 1 saturated heterocycles. The normalized spacial score (nSPS) is 16.7. The summed E-state index contributed by atoms with van der Waals surface area (Å²) in [6.07, 6.45) is 3.39. The quantitative estimate of drug-likeness (QED) is 0.687. The molecule has 0 bridgehead atoms. The number of anilines is 1. The lowest BCUT2D eigenvalue weighted by molar-refractivity contribution is 0.0835. The van der Waals surface area contributed by atoms with E-state index in [-0.39, 0.29) is 18.7 Å². The van der Waals surface area contributed by atoms with Gasteiger partial charge in [0.25, 0.3) is 5.89 Å². The van der Waals surface area contributed by atoms with Crippen LogP contribution >= 0.6 is 11.3 Å². The third-order valence-corrected chi connectivity index (χ3v) is 4.80. The second-order valence-electron chi connectivity index (χ2n) is 5.81. The number of nitrogens with one attached hydrogen (secondary N) is 2. The molecule has 1 aliphatic heterocycles. The molecule has 2 amide bonds. The summed E-state index contributed by atoms with van der Waals surface area (Å²) in [5.74, 6) is 1.50.